The minimum absolute atomic E-state index is 0.0280. The van der Waals surface area contributed by atoms with Crippen LogP contribution in [0.1, 0.15) is 13.3 Å². The maximum absolute atomic E-state index is 8.98. The topological polar surface area (TPSA) is 39.4 Å². The molecule has 1 saturated heterocycles. The second-order valence-corrected chi connectivity index (χ2v) is 4.19. The summed E-state index contributed by atoms with van der Waals surface area (Å²) >= 11 is 0. The zero-order chi connectivity index (χ0) is 9.76. The van der Waals surface area contributed by atoms with Gasteiger partial charge in [-0.3, -0.25) is 5.01 Å². The third-order valence-electron chi connectivity index (χ3n) is 3.64. The van der Waals surface area contributed by atoms with Gasteiger partial charge in [0.15, 0.2) is 5.71 Å². The highest BCUT2D eigenvalue weighted by Crippen LogP contribution is 2.47. The molecule has 1 aliphatic carbocycles. The van der Waals surface area contributed by atoms with Crippen molar-refractivity contribution >= 4 is 5.71 Å². The Balaban J connectivity index is 2.20. The number of hydrazone groups is 1. The van der Waals surface area contributed by atoms with Gasteiger partial charge in [-0.2, -0.15) is 10.4 Å². The molecule has 3 aliphatic rings. The number of nitrogens with zero attached hydrogens (tertiary/aromatic N) is 3. The first-order chi connectivity index (χ1) is 6.76. The van der Waals surface area contributed by atoms with E-state index in [0.717, 1.165) is 18.5 Å². The summed E-state index contributed by atoms with van der Waals surface area (Å²) in [7, 11) is 0. The van der Waals surface area contributed by atoms with Gasteiger partial charge >= 0.3 is 0 Å². The Morgan fingerprint density at radius 3 is 3.36 bits per heavy atom. The monoisotopic (exact) mass is 185 g/mol. The Morgan fingerprint density at radius 2 is 2.57 bits per heavy atom. The molecule has 0 amide bonds. The van der Waals surface area contributed by atoms with Gasteiger partial charge < -0.3 is 0 Å². The predicted molar refractivity (Wildman–Crippen MR) is 53.5 cm³/mol. The van der Waals surface area contributed by atoms with E-state index in [2.05, 4.69) is 35.3 Å². The van der Waals surface area contributed by atoms with Crippen molar-refractivity contribution in [3.05, 3.63) is 23.8 Å². The summed E-state index contributed by atoms with van der Waals surface area (Å²) in [4.78, 5) is 0. The summed E-state index contributed by atoms with van der Waals surface area (Å²) in [5.41, 5.74) is 1.67. The molecule has 0 aromatic carbocycles. The van der Waals surface area contributed by atoms with Crippen molar-refractivity contribution in [2.45, 2.75) is 18.9 Å². The van der Waals surface area contributed by atoms with Crippen molar-refractivity contribution in [3.8, 4) is 6.07 Å². The van der Waals surface area contributed by atoms with Crippen molar-refractivity contribution in [1.29, 1.82) is 5.26 Å². The molecule has 14 heavy (non-hydrogen) atoms. The van der Waals surface area contributed by atoms with E-state index in [1.54, 1.807) is 0 Å². The quantitative estimate of drug-likeness (QED) is 0.573. The third kappa shape index (κ3) is 0.664. The van der Waals surface area contributed by atoms with Gasteiger partial charge in [-0.15, -0.1) is 0 Å². The minimum atomic E-state index is -0.0280. The van der Waals surface area contributed by atoms with E-state index < -0.39 is 0 Å². The van der Waals surface area contributed by atoms with E-state index >= 15 is 0 Å². The van der Waals surface area contributed by atoms with Crippen LogP contribution in [0.4, 0.5) is 0 Å². The Kier molecular flexibility index (Phi) is 1.27. The van der Waals surface area contributed by atoms with Crippen molar-refractivity contribution in [1.82, 2.24) is 5.01 Å². The van der Waals surface area contributed by atoms with E-state index in [-0.39, 0.29) is 5.54 Å². The van der Waals surface area contributed by atoms with Gasteiger partial charge in [0.1, 0.15) is 6.07 Å². The predicted octanol–water partition coefficient (Wildman–Crippen LogP) is 1.46. The molecule has 0 aromatic heterocycles. The number of rotatable bonds is 0. The second-order valence-electron chi connectivity index (χ2n) is 4.19. The van der Waals surface area contributed by atoms with Crippen molar-refractivity contribution in [2.24, 2.45) is 11.0 Å². The second kappa shape index (κ2) is 2.27. The van der Waals surface area contributed by atoms with Crippen LogP contribution in [-0.2, 0) is 0 Å². The molecule has 0 radical (unpaired) electrons. The normalized spacial score (nSPS) is 37.7. The van der Waals surface area contributed by atoms with Gasteiger partial charge in [-0.25, -0.2) is 0 Å². The molecule has 70 valence electrons. The fraction of sp³-hybridized carbons (Fsp3) is 0.455. The number of nitriles is 1. The van der Waals surface area contributed by atoms with Crippen LogP contribution >= 0.6 is 0 Å². The molecule has 3 rings (SSSR count). The molecule has 0 bridgehead atoms. The maximum atomic E-state index is 8.98. The third-order valence-corrected chi connectivity index (χ3v) is 3.64. The van der Waals surface area contributed by atoms with Crippen molar-refractivity contribution in [3.63, 3.8) is 0 Å². The summed E-state index contributed by atoms with van der Waals surface area (Å²) < 4.78 is 0. The number of hydrogen-bond acceptors (Lipinski definition) is 3. The average Bonchev–Trinajstić information content (AvgIpc) is 2.67. The molecule has 0 N–H and O–H groups in total. The van der Waals surface area contributed by atoms with Crippen LogP contribution in [0.3, 0.4) is 0 Å². The first-order valence-corrected chi connectivity index (χ1v) is 4.92. The first kappa shape index (κ1) is 7.81. The molecular weight excluding hydrogens is 174 g/mol. The van der Waals surface area contributed by atoms with Crippen LogP contribution in [0.25, 0.3) is 0 Å². The van der Waals surface area contributed by atoms with Crippen LogP contribution in [0, 0.1) is 17.2 Å². The van der Waals surface area contributed by atoms with Gasteiger partial charge in [0, 0.05) is 18.0 Å². The van der Waals surface area contributed by atoms with E-state index in [1.807, 2.05) is 6.08 Å². The smallest absolute Gasteiger partial charge is 0.166 e. The molecular formula is C11H11N3. The maximum Gasteiger partial charge on any atom is 0.166 e. The Morgan fingerprint density at radius 1 is 1.71 bits per heavy atom. The lowest BCUT2D eigenvalue weighted by atomic mass is 9.76. The molecule has 0 spiro atoms. The van der Waals surface area contributed by atoms with Gasteiger partial charge in [-0.05, 0) is 13.3 Å². The summed E-state index contributed by atoms with van der Waals surface area (Å²) in [5.74, 6) is 0.525. The Bertz CT molecular complexity index is 424. The summed E-state index contributed by atoms with van der Waals surface area (Å²) in [6.07, 6.45) is 7.47. The number of hydrogen-bond donors (Lipinski definition) is 0. The van der Waals surface area contributed by atoms with Crippen molar-refractivity contribution in [2.75, 3.05) is 6.54 Å². The molecule has 2 aliphatic heterocycles. The highest BCUT2D eigenvalue weighted by Gasteiger charge is 2.52. The Labute approximate surface area is 83.0 Å². The lowest BCUT2D eigenvalue weighted by Crippen LogP contribution is -2.41. The lowest BCUT2D eigenvalue weighted by Gasteiger charge is -2.34. The SMILES string of the molecule is CC12C3=CC=CC1CCN2N=C3C#N. The summed E-state index contributed by atoms with van der Waals surface area (Å²) in [6.45, 7) is 3.15. The molecule has 0 aromatic rings. The largest absolute Gasteiger partial charge is 0.285 e. The average molecular weight is 185 g/mol. The van der Waals surface area contributed by atoms with Gasteiger partial charge in [0.05, 0.1) is 5.54 Å². The fourth-order valence-electron chi connectivity index (χ4n) is 2.77. The van der Waals surface area contributed by atoms with Gasteiger partial charge in [0.2, 0.25) is 0 Å². The van der Waals surface area contributed by atoms with Crippen LogP contribution in [0.15, 0.2) is 28.9 Å². The van der Waals surface area contributed by atoms with E-state index in [0.29, 0.717) is 11.6 Å². The van der Waals surface area contributed by atoms with E-state index in [4.69, 9.17) is 5.26 Å². The zero-order valence-electron chi connectivity index (χ0n) is 8.07. The molecule has 2 atom stereocenters. The van der Waals surface area contributed by atoms with Crippen LogP contribution in [0.2, 0.25) is 0 Å². The molecule has 1 fully saturated rings. The molecule has 2 heterocycles. The van der Waals surface area contributed by atoms with E-state index in [1.165, 1.54) is 0 Å². The molecule has 3 nitrogen and oxygen atoms in total. The van der Waals surface area contributed by atoms with Crippen LogP contribution in [-0.4, -0.2) is 22.8 Å². The fourth-order valence-corrected chi connectivity index (χ4v) is 2.77. The molecule has 0 saturated carbocycles. The van der Waals surface area contributed by atoms with Crippen molar-refractivity contribution < 1.29 is 0 Å². The highest BCUT2D eigenvalue weighted by molar-refractivity contribution is 6.14. The Hall–Kier alpha value is -1.56. The lowest BCUT2D eigenvalue weighted by molar-refractivity contribution is 0.200. The van der Waals surface area contributed by atoms with Crippen LogP contribution < -0.4 is 0 Å². The summed E-state index contributed by atoms with van der Waals surface area (Å²) in [5, 5.41) is 15.4. The van der Waals surface area contributed by atoms with E-state index in [9.17, 15) is 0 Å². The van der Waals surface area contributed by atoms with Gasteiger partial charge in [-0.1, -0.05) is 18.2 Å². The first-order valence-electron chi connectivity index (χ1n) is 4.92. The number of allylic oxidation sites excluding steroid dienone is 2. The zero-order valence-corrected chi connectivity index (χ0v) is 8.07. The summed E-state index contributed by atoms with van der Waals surface area (Å²) in [6, 6.07) is 2.18. The highest BCUT2D eigenvalue weighted by atomic mass is 15.5. The van der Waals surface area contributed by atoms with Crippen LogP contribution in [0.5, 0.6) is 0 Å². The molecule has 3 heteroatoms. The van der Waals surface area contributed by atoms with Gasteiger partial charge in [0.25, 0.3) is 0 Å². The standard InChI is InChI=1S/C11H11N3/c1-11-8-3-2-4-9(11)10(7-12)13-14(11)6-5-8/h2-4,8H,5-6H2,1H3. The molecule has 2 unspecified atom stereocenters. The minimum Gasteiger partial charge on any atom is -0.285 e.